The second-order valence-corrected chi connectivity index (χ2v) is 16.9. The van der Waals surface area contributed by atoms with Crippen molar-refractivity contribution in [1.29, 1.82) is 0 Å². The first-order valence-electron chi connectivity index (χ1n) is 13.0. The zero-order chi connectivity index (χ0) is 24.8. The van der Waals surface area contributed by atoms with E-state index >= 15 is 0 Å². The molecule has 190 valence electrons. The zero-order valence-corrected chi connectivity index (χ0v) is 22.9. The van der Waals surface area contributed by atoms with Crippen LogP contribution in [0.2, 0.25) is 19.1 Å². The minimum atomic E-state index is -1.83. The number of hydrogen-bond acceptors (Lipinski definition) is 5. The van der Waals surface area contributed by atoms with E-state index in [0.29, 0.717) is 12.1 Å². The molecule has 0 aliphatic carbocycles. The Hall–Kier alpha value is -1.54. The van der Waals surface area contributed by atoms with E-state index in [-0.39, 0.29) is 30.5 Å². The van der Waals surface area contributed by atoms with Crippen LogP contribution in [0.15, 0.2) is 60.7 Å². The van der Waals surface area contributed by atoms with Gasteiger partial charge < -0.3 is 23.7 Å². The van der Waals surface area contributed by atoms with Crippen LogP contribution in [0.4, 0.5) is 0 Å². The standard InChI is InChI=1S/C29H40O5Si/c1-28(2)30-18-24(33-28)26-25-23(32-29(3,4)34-26)17-22(31-25)19-35(5,6)27(20-13-9-7-10-14-20)21-15-11-8-12-16-21/h7-16,22-27H,17-19H2,1-6H3/t22-,23-,24+,25+,26+/m0/s1. The highest BCUT2D eigenvalue weighted by Gasteiger charge is 2.55. The van der Waals surface area contributed by atoms with Gasteiger partial charge in [-0.05, 0) is 44.9 Å². The summed E-state index contributed by atoms with van der Waals surface area (Å²) in [5.74, 6) is -1.28. The molecule has 2 aromatic rings. The number of hydrogen-bond donors (Lipinski definition) is 0. The first kappa shape index (κ1) is 25.1. The van der Waals surface area contributed by atoms with Gasteiger partial charge in [0.2, 0.25) is 0 Å². The van der Waals surface area contributed by atoms with Crippen LogP contribution in [0, 0.1) is 0 Å². The maximum absolute atomic E-state index is 6.76. The third-order valence-electron chi connectivity index (χ3n) is 7.59. The molecule has 3 fully saturated rings. The number of fused-ring (bicyclic) bond motifs is 1. The highest BCUT2D eigenvalue weighted by molar-refractivity contribution is 6.79. The molecule has 5 nitrogen and oxygen atoms in total. The van der Waals surface area contributed by atoms with E-state index in [4.69, 9.17) is 23.7 Å². The monoisotopic (exact) mass is 496 g/mol. The summed E-state index contributed by atoms with van der Waals surface area (Å²) in [6.07, 6.45) is 0.504. The Morgan fingerprint density at radius 2 is 1.34 bits per heavy atom. The van der Waals surface area contributed by atoms with Crippen LogP contribution >= 0.6 is 0 Å². The summed E-state index contributed by atoms with van der Waals surface area (Å²) in [5.41, 5.74) is 3.18. The Bertz CT molecular complexity index is 953. The molecule has 3 saturated heterocycles. The van der Waals surface area contributed by atoms with Crippen LogP contribution in [0.25, 0.3) is 0 Å². The van der Waals surface area contributed by atoms with Crippen molar-refractivity contribution in [3.05, 3.63) is 71.8 Å². The molecule has 6 heteroatoms. The molecule has 0 spiro atoms. The largest absolute Gasteiger partial charge is 0.370 e. The molecule has 0 N–H and O–H groups in total. The summed E-state index contributed by atoms with van der Waals surface area (Å²) >= 11 is 0. The van der Waals surface area contributed by atoms with Crippen molar-refractivity contribution < 1.29 is 23.7 Å². The summed E-state index contributed by atoms with van der Waals surface area (Å²) in [4.78, 5) is 0. The Morgan fingerprint density at radius 1 is 0.771 bits per heavy atom. The Balaban J connectivity index is 1.37. The average Bonchev–Trinajstić information content (AvgIpc) is 3.35. The Labute approximate surface area is 211 Å². The van der Waals surface area contributed by atoms with E-state index in [1.54, 1.807) is 0 Å². The second kappa shape index (κ2) is 9.40. The fraction of sp³-hybridized carbons (Fsp3) is 0.586. The van der Waals surface area contributed by atoms with E-state index in [1.807, 2.05) is 27.7 Å². The summed E-state index contributed by atoms with van der Waals surface area (Å²) in [7, 11) is -1.83. The van der Waals surface area contributed by atoms with Gasteiger partial charge in [0, 0.05) is 12.0 Å². The molecule has 35 heavy (non-hydrogen) atoms. The van der Waals surface area contributed by atoms with Crippen molar-refractivity contribution in [2.24, 2.45) is 0 Å². The van der Waals surface area contributed by atoms with Crippen molar-refractivity contribution in [2.45, 2.75) is 101 Å². The first-order valence-corrected chi connectivity index (χ1v) is 16.2. The lowest BCUT2D eigenvalue weighted by Gasteiger charge is -2.44. The van der Waals surface area contributed by atoms with Gasteiger partial charge >= 0.3 is 0 Å². The molecule has 0 aromatic heterocycles. The quantitative estimate of drug-likeness (QED) is 0.466. The smallest absolute Gasteiger partial charge is 0.163 e. The van der Waals surface area contributed by atoms with Gasteiger partial charge in [0.15, 0.2) is 11.6 Å². The summed E-state index contributed by atoms with van der Waals surface area (Å²) < 4.78 is 31.6. The van der Waals surface area contributed by atoms with Gasteiger partial charge in [-0.3, -0.25) is 0 Å². The van der Waals surface area contributed by atoms with Crippen LogP contribution in [-0.2, 0) is 23.7 Å². The van der Waals surface area contributed by atoms with Crippen LogP contribution in [0.5, 0.6) is 0 Å². The van der Waals surface area contributed by atoms with Gasteiger partial charge in [0.05, 0.1) is 26.9 Å². The number of rotatable bonds is 6. The average molecular weight is 497 g/mol. The summed E-state index contributed by atoms with van der Waals surface area (Å²) in [6.45, 7) is 13.4. The van der Waals surface area contributed by atoms with Crippen LogP contribution in [0.3, 0.4) is 0 Å². The van der Waals surface area contributed by atoms with E-state index in [1.165, 1.54) is 11.1 Å². The predicted octanol–water partition coefficient (Wildman–Crippen LogP) is 5.90. The lowest BCUT2D eigenvalue weighted by molar-refractivity contribution is -0.337. The molecule has 3 heterocycles. The Kier molecular flexibility index (Phi) is 6.75. The topological polar surface area (TPSA) is 46.2 Å². The van der Waals surface area contributed by atoms with Crippen molar-refractivity contribution in [3.63, 3.8) is 0 Å². The van der Waals surface area contributed by atoms with E-state index in [9.17, 15) is 0 Å². The van der Waals surface area contributed by atoms with Crippen molar-refractivity contribution in [3.8, 4) is 0 Å². The maximum Gasteiger partial charge on any atom is 0.163 e. The summed E-state index contributed by atoms with van der Waals surface area (Å²) in [5, 5.41) is 0. The number of ether oxygens (including phenoxy) is 5. The Morgan fingerprint density at radius 3 is 1.89 bits per heavy atom. The number of benzene rings is 2. The molecule has 0 saturated carbocycles. The lowest BCUT2D eigenvalue weighted by atomic mass is 9.99. The van der Waals surface area contributed by atoms with E-state index in [0.717, 1.165) is 12.5 Å². The SMILES string of the molecule is CC1(C)O[C@H]([C@H]2COC(C)(C)O2)[C@@H]2O[C@H](C[Si](C)(C)C(c3ccccc3)c3ccccc3)C[C@@H]2O1. The van der Waals surface area contributed by atoms with E-state index < -0.39 is 19.6 Å². The minimum absolute atomic E-state index is 0.00207. The molecular weight excluding hydrogens is 456 g/mol. The molecule has 0 unspecified atom stereocenters. The second-order valence-electron chi connectivity index (χ2n) is 11.9. The van der Waals surface area contributed by atoms with Gasteiger partial charge in [-0.1, -0.05) is 73.8 Å². The molecule has 5 rings (SSSR count). The van der Waals surface area contributed by atoms with Crippen LogP contribution in [0.1, 0.15) is 50.8 Å². The molecule has 3 aliphatic rings. The maximum atomic E-state index is 6.76. The molecular formula is C29H40O5Si. The van der Waals surface area contributed by atoms with Crippen LogP contribution < -0.4 is 0 Å². The molecule has 5 atom stereocenters. The molecule has 0 bridgehead atoms. The molecule has 2 aromatic carbocycles. The zero-order valence-electron chi connectivity index (χ0n) is 21.9. The first-order chi connectivity index (χ1) is 16.5. The fourth-order valence-corrected chi connectivity index (χ4v) is 10.2. The highest BCUT2D eigenvalue weighted by atomic mass is 28.3. The van der Waals surface area contributed by atoms with Crippen molar-refractivity contribution >= 4 is 8.07 Å². The van der Waals surface area contributed by atoms with Gasteiger partial charge in [-0.2, -0.15) is 0 Å². The molecule has 3 aliphatic heterocycles. The van der Waals surface area contributed by atoms with Gasteiger partial charge in [0.25, 0.3) is 0 Å². The van der Waals surface area contributed by atoms with Crippen molar-refractivity contribution in [2.75, 3.05) is 6.61 Å². The van der Waals surface area contributed by atoms with Gasteiger partial charge in [-0.15, -0.1) is 0 Å². The van der Waals surface area contributed by atoms with Crippen molar-refractivity contribution in [1.82, 2.24) is 0 Å². The lowest BCUT2D eigenvalue weighted by Crippen LogP contribution is -2.57. The molecule has 0 amide bonds. The normalized spacial score (nSPS) is 32.0. The fourth-order valence-electron chi connectivity index (χ4n) is 6.34. The van der Waals surface area contributed by atoms with Gasteiger partial charge in [0.1, 0.15) is 18.3 Å². The van der Waals surface area contributed by atoms with E-state index in [2.05, 4.69) is 73.8 Å². The third kappa shape index (κ3) is 5.43. The minimum Gasteiger partial charge on any atom is -0.370 e. The highest BCUT2D eigenvalue weighted by Crippen LogP contribution is 2.44. The van der Waals surface area contributed by atoms with Crippen LogP contribution in [-0.4, -0.2) is 56.8 Å². The molecule has 0 radical (unpaired) electrons. The van der Waals surface area contributed by atoms with Gasteiger partial charge in [-0.25, -0.2) is 0 Å². The third-order valence-corrected chi connectivity index (χ3v) is 11.3. The summed E-state index contributed by atoms with van der Waals surface area (Å²) in [6, 6.07) is 23.0. The predicted molar refractivity (Wildman–Crippen MR) is 139 cm³/mol.